The monoisotopic (exact) mass is 293 g/mol. The van der Waals surface area contributed by atoms with E-state index in [2.05, 4.69) is 44.7 Å². The lowest BCUT2D eigenvalue weighted by Gasteiger charge is -2.41. The molecule has 21 heavy (non-hydrogen) atoms. The van der Waals surface area contributed by atoms with Gasteiger partial charge in [-0.05, 0) is 44.9 Å². The van der Waals surface area contributed by atoms with Gasteiger partial charge in [0, 0.05) is 18.1 Å². The summed E-state index contributed by atoms with van der Waals surface area (Å²) in [6.07, 6.45) is 1.09. The van der Waals surface area contributed by atoms with Gasteiger partial charge in [-0.2, -0.15) is 0 Å². The van der Waals surface area contributed by atoms with Crippen molar-refractivity contribution >= 4 is 5.97 Å². The van der Waals surface area contributed by atoms with E-state index in [1.807, 2.05) is 12.1 Å². The number of carbonyl (C=O) groups is 1. The number of hydrogen-bond donors (Lipinski definition) is 1. The van der Waals surface area contributed by atoms with Crippen molar-refractivity contribution in [2.45, 2.75) is 52.1 Å². The molecule has 0 bridgehead atoms. The van der Waals surface area contributed by atoms with Crippen LogP contribution in [0.3, 0.4) is 0 Å². The molecular weight excluding hydrogens is 266 g/mol. The predicted octanol–water partition coefficient (Wildman–Crippen LogP) is 3.72. The predicted molar refractivity (Wildman–Crippen MR) is 84.7 cm³/mol. The minimum Gasteiger partial charge on any atom is -0.497 e. The smallest absolute Gasteiger partial charge is 0.304 e. The molecule has 1 unspecified atom stereocenters. The summed E-state index contributed by atoms with van der Waals surface area (Å²) in [6.45, 7) is 9.06. The van der Waals surface area contributed by atoms with Crippen LogP contribution in [0.25, 0.3) is 0 Å². The number of carboxylic acids is 1. The average Bonchev–Trinajstić information content (AvgIpc) is 2.42. The normalized spacial score (nSPS) is 13.2. The van der Waals surface area contributed by atoms with E-state index in [4.69, 9.17) is 9.84 Å². The van der Waals surface area contributed by atoms with Gasteiger partial charge in [-0.15, -0.1) is 0 Å². The van der Waals surface area contributed by atoms with Gasteiger partial charge in [0.15, 0.2) is 0 Å². The number of methoxy groups -OCH3 is 1. The molecular formula is C17H27NO3. The van der Waals surface area contributed by atoms with Crippen LogP contribution < -0.4 is 4.74 Å². The van der Waals surface area contributed by atoms with E-state index in [1.165, 1.54) is 5.56 Å². The Morgan fingerprint density at radius 2 is 1.86 bits per heavy atom. The highest BCUT2D eigenvalue weighted by molar-refractivity contribution is 5.66. The van der Waals surface area contributed by atoms with Gasteiger partial charge in [-0.1, -0.05) is 19.1 Å². The zero-order valence-electron chi connectivity index (χ0n) is 13.7. The van der Waals surface area contributed by atoms with Crippen LogP contribution in [0.4, 0.5) is 0 Å². The molecule has 0 amide bonds. The standard InChI is InChI=1S/C17H27NO3/c1-6-15(13-7-9-14(21-5)10-8-13)18(17(2,3)4)12-11-16(19)20/h7-10,15H,6,11-12H2,1-5H3,(H,19,20). The first-order valence-corrected chi connectivity index (χ1v) is 7.42. The fourth-order valence-corrected chi connectivity index (χ4v) is 2.64. The van der Waals surface area contributed by atoms with E-state index >= 15 is 0 Å². The van der Waals surface area contributed by atoms with Gasteiger partial charge in [-0.25, -0.2) is 0 Å². The maximum atomic E-state index is 10.9. The second-order valence-electron chi connectivity index (χ2n) is 6.21. The molecule has 0 aliphatic carbocycles. The third-order valence-electron chi connectivity index (χ3n) is 3.69. The molecule has 0 spiro atoms. The molecule has 0 aliphatic rings. The number of carboxylic acid groups (broad SMARTS) is 1. The number of ether oxygens (including phenoxy) is 1. The maximum Gasteiger partial charge on any atom is 0.304 e. The SMILES string of the molecule is CCC(c1ccc(OC)cc1)N(CCC(=O)O)C(C)(C)C. The first kappa shape index (κ1) is 17.5. The van der Waals surface area contributed by atoms with Gasteiger partial charge in [0.2, 0.25) is 0 Å². The summed E-state index contributed by atoms with van der Waals surface area (Å²) < 4.78 is 5.20. The fraction of sp³-hybridized carbons (Fsp3) is 0.588. The third kappa shape index (κ3) is 5.05. The van der Waals surface area contributed by atoms with E-state index < -0.39 is 5.97 Å². The topological polar surface area (TPSA) is 49.8 Å². The molecule has 0 radical (unpaired) electrons. The Hall–Kier alpha value is -1.55. The molecule has 1 N–H and O–H groups in total. The second kappa shape index (κ2) is 7.46. The molecule has 4 nitrogen and oxygen atoms in total. The van der Waals surface area contributed by atoms with Crippen LogP contribution >= 0.6 is 0 Å². The molecule has 1 rings (SSSR count). The van der Waals surface area contributed by atoms with Crippen molar-refractivity contribution in [2.75, 3.05) is 13.7 Å². The zero-order valence-corrected chi connectivity index (χ0v) is 13.7. The van der Waals surface area contributed by atoms with Gasteiger partial charge < -0.3 is 9.84 Å². The summed E-state index contributed by atoms with van der Waals surface area (Å²) in [5.74, 6) is 0.0790. The van der Waals surface area contributed by atoms with Gasteiger partial charge in [-0.3, -0.25) is 9.69 Å². The number of hydrogen-bond acceptors (Lipinski definition) is 3. The summed E-state index contributed by atoms with van der Waals surface area (Å²) in [5.41, 5.74) is 1.11. The van der Waals surface area contributed by atoms with E-state index in [0.29, 0.717) is 6.54 Å². The van der Waals surface area contributed by atoms with E-state index in [9.17, 15) is 4.79 Å². The van der Waals surface area contributed by atoms with E-state index in [0.717, 1.165) is 12.2 Å². The van der Waals surface area contributed by atoms with Crippen molar-refractivity contribution in [3.05, 3.63) is 29.8 Å². The molecule has 0 aliphatic heterocycles. The van der Waals surface area contributed by atoms with Crippen molar-refractivity contribution in [1.82, 2.24) is 4.90 Å². The summed E-state index contributed by atoms with van der Waals surface area (Å²) in [7, 11) is 1.65. The highest BCUT2D eigenvalue weighted by Crippen LogP contribution is 2.31. The Morgan fingerprint density at radius 1 is 1.29 bits per heavy atom. The zero-order chi connectivity index (χ0) is 16.0. The third-order valence-corrected chi connectivity index (χ3v) is 3.69. The van der Waals surface area contributed by atoms with Crippen LogP contribution in [0.2, 0.25) is 0 Å². The number of nitrogens with zero attached hydrogens (tertiary/aromatic N) is 1. The van der Waals surface area contributed by atoms with Crippen LogP contribution in [-0.2, 0) is 4.79 Å². The molecule has 0 fully saturated rings. The summed E-state index contributed by atoms with van der Waals surface area (Å²) in [6, 6.07) is 8.24. The minimum atomic E-state index is -0.756. The molecule has 118 valence electrons. The fourth-order valence-electron chi connectivity index (χ4n) is 2.64. The molecule has 1 aromatic carbocycles. The second-order valence-corrected chi connectivity index (χ2v) is 6.21. The van der Waals surface area contributed by atoms with Gasteiger partial charge in [0.1, 0.15) is 5.75 Å². The summed E-state index contributed by atoms with van der Waals surface area (Å²) in [4.78, 5) is 13.2. The van der Waals surface area contributed by atoms with Crippen molar-refractivity contribution in [3.63, 3.8) is 0 Å². The Balaban J connectivity index is 3.01. The Morgan fingerprint density at radius 3 is 2.24 bits per heavy atom. The Kier molecular flexibility index (Phi) is 6.21. The van der Waals surface area contributed by atoms with Gasteiger partial charge >= 0.3 is 5.97 Å². The maximum absolute atomic E-state index is 10.9. The number of aliphatic carboxylic acids is 1. The van der Waals surface area contributed by atoms with Gasteiger partial charge in [0.25, 0.3) is 0 Å². The molecule has 1 atom stereocenters. The van der Waals surface area contributed by atoms with Crippen LogP contribution in [0, 0.1) is 0 Å². The number of rotatable bonds is 7. The van der Waals surface area contributed by atoms with Crippen LogP contribution in [0.5, 0.6) is 5.75 Å². The minimum absolute atomic E-state index is 0.0872. The first-order valence-electron chi connectivity index (χ1n) is 7.42. The lowest BCUT2D eigenvalue weighted by Crippen LogP contribution is -2.44. The quantitative estimate of drug-likeness (QED) is 0.832. The lowest BCUT2D eigenvalue weighted by molar-refractivity contribution is -0.137. The van der Waals surface area contributed by atoms with Crippen LogP contribution in [-0.4, -0.2) is 35.2 Å². The molecule has 0 aromatic heterocycles. The largest absolute Gasteiger partial charge is 0.497 e. The molecule has 4 heteroatoms. The molecule has 0 saturated heterocycles. The average molecular weight is 293 g/mol. The molecule has 0 saturated carbocycles. The summed E-state index contributed by atoms with van der Waals surface area (Å²) in [5, 5.41) is 8.98. The lowest BCUT2D eigenvalue weighted by atomic mass is 9.95. The van der Waals surface area contributed by atoms with Crippen LogP contribution in [0.15, 0.2) is 24.3 Å². The summed E-state index contributed by atoms with van der Waals surface area (Å²) >= 11 is 0. The van der Waals surface area contributed by atoms with Crippen LogP contribution in [0.1, 0.15) is 52.1 Å². The molecule has 0 heterocycles. The van der Waals surface area contributed by atoms with Crippen molar-refractivity contribution in [2.24, 2.45) is 0 Å². The highest BCUT2D eigenvalue weighted by Gasteiger charge is 2.29. The van der Waals surface area contributed by atoms with E-state index in [1.54, 1.807) is 7.11 Å². The first-order chi connectivity index (χ1) is 9.79. The van der Waals surface area contributed by atoms with Crippen molar-refractivity contribution in [3.8, 4) is 5.75 Å². The number of benzene rings is 1. The Labute approximate surface area is 127 Å². The molecule has 1 aromatic rings. The highest BCUT2D eigenvalue weighted by atomic mass is 16.5. The van der Waals surface area contributed by atoms with Gasteiger partial charge in [0.05, 0.1) is 13.5 Å². The van der Waals surface area contributed by atoms with Crippen molar-refractivity contribution in [1.29, 1.82) is 0 Å². The Bertz CT molecular complexity index is 448. The van der Waals surface area contributed by atoms with E-state index in [-0.39, 0.29) is 18.0 Å². The van der Waals surface area contributed by atoms with Crippen molar-refractivity contribution < 1.29 is 14.6 Å².